The Morgan fingerprint density at radius 1 is 0.917 bits per heavy atom. The van der Waals surface area contributed by atoms with Crippen molar-refractivity contribution >= 4 is 7.26 Å². The van der Waals surface area contributed by atoms with E-state index in [0.717, 1.165) is 12.8 Å². The van der Waals surface area contributed by atoms with Gasteiger partial charge < -0.3 is 0 Å². The molecule has 0 spiro atoms. The van der Waals surface area contributed by atoms with E-state index in [4.69, 9.17) is 0 Å². The molecule has 24 heavy (non-hydrogen) atoms. The molecule has 2 unspecified atom stereocenters. The zero-order valence-electron chi connectivity index (χ0n) is 14.3. The molecule has 0 aromatic heterocycles. The molecule has 128 valence electrons. The molecule has 0 N–H and O–H groups in total. The molecule has 0 amide bonds. The van der Waals surface area contributed by atoms with Crippen LogP contribution < -0.4 is 0 Å². The van der Waals surface area contributed by atoms with Gasteiger partial charge in [0.05, 0.1) is 0 Å². The van der Waals surface area contributed by atoms with Gasteiger partial charge in [-0.1, -0.05) is 0 Å². The van der Waals surface area contributed by atoms with Gasteiger partial charge in [0, 0.05) is 0 Å². The van der Waals surface area contributed by atoms with Gasteiger partial charge in [0.1, 0.15) is 0 Å². The molecule has 0 saturated heterocycles. The van der Waals surface area contributed by atoms with Crippen molar-refractivity contribution in [3.8, 4) is 0 Å². The van der Waals surface area contributed by atoms with Gasteiger partial charge in [-0.15, -0.1) is 0 Å². The van der Waals surface area contributed by atoms with E-state index in [1.165, 1.54) is 12.1 Å². The van der Waals surface area contributed by atoms with Crippen LogP contribution in [-0.2, 0) is 6.16 Å². The number of rotatable bonds is 4. The second kappa shape index (κ2) is 7.15. The van der Waals surface area contributed by atoms with Crippen molar-refractivity contribution in [2.24, 2.45) is 0 Å². The van der Waals surface area contributed by atoms with Gasteiger partial charge >= 0.3 is 143 Å². The van der Waals surface area contributed by atoms with Crippen LogP contribution in [0.5, 0.6) is 0 Å². The number of hydrogen-bond acceptors (Lipinski definition) is 0. The van der Waals surface area contributed by atoms with E-state index in [0.29, 0.717) is 28.6 Å². The van der Waals surface area contributed by atoms with Gasteiger partial charge in [0.2, 0.25) is 0 Å². The summed E-state index contributed by atoms with van der Waals surface area (Å²) in [6, 6.07) is 2.51. The molecule has 1 aromatic carbocycles. The Balaban J connectivity index is 2.01. The monoisotopic (exact) mass is 346 g/mol. The molecule has 0 aliphatic heterocycles. The Hall–Kier alpha value is -1.53. The fourth-order valence-electron chi connectivity index (χ4n) is 3.97. The van der Waals surface area contributed by atoms with Crippen molar-refractivity contribution in [3.63, 3.8) is 0 Å². The van der Waals surface area contributed by atoms with Gasteiger partial charge in [0.15, 0.2) is 0 Å². The van der Waals surface area contributed by atoms with Crippen molar-refractivity contribution in [1.82, 2.24) is 0 Å². The average molecular weight is 346 g/mol. The van der Waals surface area contributed by atoms with Crippen LogP contribution in [0.3, 0.4) is 0 Å². The number of benzene rings is 1. The third kappa shape index (κ3) is 3.30. The summed E-state index contributed by atoms with van der Waals surface area (Å²) in [5.41, 5.74) is 1.95. The van der Waals surface area contributed by atoms with Gasteiger partial charge in [-0.2, -0.15) is 0 Å². The second-order valence-corrected chi connectivity index (χ2v) is 12.0. The van der Waals surface area contributed by atoms with Crippen LogP contribution >= 0.6 is 7.26 Å². The predicted molar refractivity (Wildman–Crippen MR) is 102 cm³/mol. The summed E-state index contributed by atoms with van der Waals surface area (Å²) in [4.78, 5) is 0. The average Bonchev–Trinajstić information content (AvgIpc) is 2.63. The molecule has 3 heteroatoms. The summed E-state index contributed by atoms with van der Waals surface area (Å²) >= 11 is 0. The van der Waals surface area contributed by atoms with Crippen molar-refractivity contribution in [1.29, 1.82) is 0 Å². The Morgan fingerprint density at radius 2 is 1.46 bits per heavy atom. The van der Waals surface area contributed by atoms with E-state index in [-0.39, 0.29) is 11.6 Å². The minimum absolute atomic E-state index is 0.265. The molecule has 0 bridgehead atoms. The third-order valence-corrected chi connectivity index (χ3v) is 11.0. The molecule has 0 heterocycles. The van der Waals surface area contributed by atoms with E-state index >= 15 is 0 Å². The summed E-state index contributed by atoms with van der Waals surface area (Å²) in [7, 11) is -1.96. The number of hydrogen-bond donors (Lipinski definition) is 0. The van der Waals surface area contributed by atoms with Gasteiger partial charge in [0.25, 0.3) is 0 Å². The SMILES string of the molecule is Cc1c(F)ccc(F)c1C[PH](C)(C1C=CC=CC1)C1C=CC=CC1. The van der Waals surface area contributed by atoms with Crippen LogP contribution in [0.15, 0.2) is 60.7 Å². The van der Waals surface area contributed by atoms with E-state index in [9.17, 15) is 8.78 Å². The zero-order valence-corrected chi connectivity index (χ0v) is 15.3. The minimum atomic E-state index is -1.96. The molecular formula is C21H25F2P. The molecule has 1 aromatic rings. The van der Waals surface area contributed by atoms with Gasteiger partial charge in [-0.05, 0) is 0 Å². The second-order valence-electron chi connectivity index (χ2n) is 7.13. The first-order chi connectivity index (χ1) is 11.5. The summed E-state index contributed by atoms with van der Waals surface area (Å²) in [5.74, 6) is -0.570. The third-order valence-electron chi connectivity index (χ3n) is 5.69. The Bertz CT molecular complexity index is 698. The fourth-order valence-corrected chi connectivity index (χ4v) is 8.69. The zero-order chi connectivity index (χ0) is 17.2. The van der Waals surface area contributed by atoms with Crippen LogP contribution in [0, 0.1) is 18.6 Å². The first-order valence-electron chi connectivity index (χ1n) is 8.62. The summed E-state index contributed by atoms with van der Waals surface area (Å²) < 4.78 is 28.5. The Labute approximate surface area is 144 Å². The van der Waals surface area contributed by atoms with E-state index in [2.05, 4.69) is 55.3 Å². The van der Waals surface area contributed by atoms with Crippen LogP contribution in [0.25, 0.3) is 0 Å². The van der Waals surface area contributed by atoms with Crippen LogP contribution in [0.4, 0.5) is 8.78 Å². The number of halogens is 2. The predicted octanol–water partition coefficient (Wildman–Crippen LogP) is 5.92. The first-order valence-corrected chi connectivity index (χ1v) is 11.5. The molecule has 2 aliphatic carbocycles. The molecule has 2 aliphatic rings. The fraction of sp³-hybridized carbons (Fsp3) is 0.333. The summed E-state index contributed by atoms with van der Waals surface area (Å²) in [5, 5.41) is 0. The van der Waals surface area contributed by atoms with E-state index in [1.807, 2.05) is 0 Å². The summed E-state index contributed by atoms with van der Waals surface area (Å²) in [6.45, 7) is 4.06. The maximum atomic E-state index is 14.5. The quantitative estimate of drug-likeness (QED) is 0.594. The molecule has 3 rings (SSSR count). The van der Waals surface area contributed by atoms with Crippen molar-refractivity contribution < 1.29 is 8.78 Å². The van der Waals surface area contributed by atoms with Crippen molar-refractivity contribution in [2.45, 2.75) is 37.2 Å². The van der Waals surface area contributed by atoms with Crippen LogP contribution in [0.1, 0.15) is 24.0 Å². The number of allylic oxidation sites excluding steroid dienone is 8. The normalized spacial score (nSPS) is 23.7. The topological polar surface area (TPSA) is 0 Å². The van der Waals surface area contributed by atoms with Crippen molar-refractivity contribution in [2.75, 3.05) is 6.66 Å². The first kappa shape index (κ1) is 17.3. The molecule has 2 atom stereocenters. The van der Waals surface area contributed by atoms with E-state index in [1.54, 1.807) is 6.92 Å². The van der Waals surface area contributed by atoms with Gasteiger partial charge in [-0.3, -0.25) is 0 Å². The van der Waals surface area contributed by atoms with Crippen LogP contribution in [-0.4, -0.2) is 18.0 Å². The molecule has 0 saturated carbocycles. The molecule has 0 radical (unpaired) electrons. The molecule has 0 nitrogen and oxygen atoms in total. The van der Waals surface area contributed by atoms with Crippen LogP contribution in [0.2, 0.25) is 0 Å². The standard InChI is InChI=1S/C21H25F2P/c1-16-19(21(23)14-13-20(16)22)15-24(2,17-9-5-3-6-10-17)18-11-7-4-8-12-18/h3-9,11,13-14,17-18,24H,10,12,15H2,1-2H3. The summed E-state index contributed by atoms with van der Waals surface area (Å²) in [6.07, 6.45) is 20.0. The Kier molecular flexibility index (Phi) is 5.15. The maximum absolute atomic E-state index is 14.5. The van der Waals surface area contributed by atoms with Crippen molar-refractivity contribution in [3.05, 3.63) is 83.5 Å². The van der Waals surface area contributed by atoms with Gasteiger partial charge in [-0.25, -0.2) is 0 Å². The Morgan fingerprint density at radius 3 is 1.96 bits per heavy atom. The van der Waals surface area contributed by atoms with E-state index < -0.39 is 7.26 Å². The molecular weight excluding hydrogens is 321 g/mol. The molecule has 0 fully saturated rings.